The third kappa shape index (κ3) is 4.55. The minimum absolute atomic E-state index is 0.0265. The first kappa shape index (κ1) is 21.3. The molecule has 0 radical (unpaired) electrons. The van der Waals surface area contributed by atoms with E-state index in [0.29, 0.717) is 17.5 Å². The SMILES string of the molecule is O=C(N[C@@H](CO)Cc1ccccn1)c1ccccc1-c1[nH]nc(-c2ccc(F)cc2)c1F. The van der Waals surface area contributed by atoms with E-state index in [1.165, 1.54) is 24.3 Å². The van der Waals surface area contributed by atoms with Crippen molar-refractivity contribution >= 4 is 5.91 Å². The number of aromatic amines is 1. The lowest BCUT2D eigenvalue weighted by Gasteiger charge is -2.17. The lowest BCUT2D eigenvalue weighted by atomic mass is 10.0. The zero-order valence-electron chi connectivity index (χ0n) is 16.9. The van der Waals surface area contributed by atoms with Gasteiger partial charge in [-0.2, -0.15) is 5.10 Å². The fraction of sp³-hybridized carbons (Fsp3) is 0.125. The molecule has 162 valence electrons. The van der Waals surface area contributed by atoms with Crippen molar-refractivity contribution < 1.29 is 18.7 Å². The number of carbonyl (C=O) groups excluding carboxylic acids is 1. The Morgan fingerprint density at radius 2 is 1.78 bits per heavy atom. The molecule has 6 nitrogen and oxygen atoms in total. The number of amides is 1. The maximum atomic E-state index is 15.2. The van der Waals surface area contributed by atoms with Gasteiger partial charge in [0.1, 0.15) is 17.2 Å². The Morgan fingerprint density at radius 3 is 2.50 bits per heavy atom. The van der Waals surface area contributed by atoms with Gasteiger partial charge in [-0.1, -0.05) is 24.3 Å². The molecule has 0 aliphatic carbocycles. The molecule has 0 unspecified atom stereocenters. The van der Waals surface area contributed by atoms with E-state index in [1.807, 2.05) is 6.07 Å². The summed E-state index contributed by atoms with van der Waals surface area (Å²) in [5, 5.41) is 19.2. The number of H-pyrrole nitrogens is 1. The standard InChI is InChI=1S/C24H20F2N4O2/c25-16-10-8-15(9-11-16)22-21(26)23(30-29-22)19-6-1-2-7-20(19)24(32)28-18(14-31)13-17-5-3-4-12-27-17/h1-12,18,31H,13-14H2,(H,28,32)(H,29,30)/t18-/m1/s1. The summed E-state index contributed by atoms with van der Waals surface area (Å²) >= 11 is 0. The van der Waals surface area contributed by atoms with Gasteiger partial charge in [0.25, 0.3) is 5.91 Å². The average Bonchev–Trinajstić information content (AvgIpc) is 3.20. The van der Waals surface area contributed by atoms with Gasteiger partial charge in [-0.3, -0.25) is 14.9 Å². The summed E-state index contributed by atoms with van der Waals surface area (Å²) in [6.45, 7) is -0.280. The summed E-state index contributed by atoms with van der Waals surface area (Å²) in [6, 6.07) is 16.7. The first-order valence-electron chi connectivity index (χ1n) is 9.97. The van der Waals surface area contributed by atoms with Gasteiger partial charge >= 0.3 is 0 Å². The van der Waals surface area contributed by atoms with Gasteiger partial charge in [-0.25, -0.2) is 8.78 Å². The molecular formula is C24H20F2N4O2. The summed E-state index contributed by atoms with van der Waals surface area (Å²) in [5.41, 5.74) is 1.74. The molecular weight excluding hydrogens is 414 g/mol. The third-order valence-corrected chi connectivity index (χ3v) is 5.00. The van der Waals surface area contributed by atoms with Crippen LogP contribution < -0.4 is 5.32 Å². The number of rotatable bonds is 7. The number of nitrogens with zero attached hydrogens (tertiary/aromatic N) is 2. The Hall–Kier alpha value is -3.91. The number of carbonyl (C=O) groups is 1. The number of halogens is 2. The first-order chi connectivity index (χ1) is 15.6. The van der Waals surface area contributed by atoms with Crippen molar-refractivity contribution in [1.29, 1.82) is 0 Å². The largest absolute Gasteiger partial charge is 0.394 e. The predicted octanol–water partition coefficient (Wildman–Crippen LogP) is 3.75. The molecule has 8 heteroatoms. The Labute approximate surface area is 183 Å². The average molecular weight is 434 g/mol. The molecule has 0 aliphatic rings. The Bertz CT molecular complexity index is 1210. The van der Waals surface area contributed by atoms with Crippen molar-refractivity contribution in [3.8, 4) is 22.5 Å². The highest BCUT2D eigenvalue weighted by atomic mass is 19.1. The van der Waals surface area contributed by atoms with Crippen molar-refractivity contribution in [1.82, 2.24) is 20.5 Å². The second kappa shape index (κ2) is 9.49. The first-order valence-corrected chi connectivity index (χ1v) is 9.97. The van der Waals surface area contributed by atoms with E-state index in [1.54, 1.807) is 42.6 Å². The zero-order valence-corrected chi connectivity index (χ0v) is 16.9. The monoisotopic (exact) mass is 434 g/mol. The molecule has 2 heterocycles. The van der Waals surface area contributed by atoms with Gasteiger partial charge < -0.3 is 10.4 Å². The molecule has 1 amide bonds. The number of hydrogen-bond acceptors (Lipinski definition) is 4. The Balaban J connectivity index is 1.60. The number of hydrogen-bond donors (Lipinski definition) is 3. The molecule has 1 atom stereocenters. The van der Waals surface area contributed by atoms with Gasteiger partial charge in [0.05, 0.1) is 12.6 Å². The molecule has 2 aromatic heterocycles. The summed E-state index contributed by atoms with van der Waals surface area (Å²) in [4.78, 5) is 17.2. The zero-order chi connectivity index (χ0) is 22.5. The quantitative estimate of drug-likeness (QED) is 0.413. The smallest absolute Gasteiger partial charge is 0.252 e. The van der Waals surface area contributed by atoms with Crippen LogP contribution in [0.2, 0.25) is 0 Å². The van der Waals surface area contributed by atoms with Crippen molar-refractivity contribution in [2.24, 2.45) is 0 Å². The van der Waals surface area contributed by atoms with Crippen LogP contribution in [0.4, 0.5) is 8.78 Å². The maximum absolute atomic E-state index is 15.2. The fourth-order valence-electron chi connectivity index (χ4n) is 3.40. The Kier molecular flexibility index (Phi) is 6.32. The predicted molar refractivity (Wildman–Crippen MR) is 116 cm³/mol. The van der Waals surface area contributed by atoms with Crippen LogP contribution >= 0.6 is 0 Å². The van der Waals surface area contributed by atoms with Crippen molar-refractivity contribution in [2.75, 3.05) is 6.61 Å². The van der Waals surface area contributed by atoms with E-state index in [2.05, 4.69) is 20.5 Å². The molecule has 2 aromatic carbocycles. The van der Waals surface area contributed by atoms with Crippen LogP contribution in [0.5, 0.6) is 0 Å². The highest BCUT2D eigenvalue weighted by Gasteiger charge is 2.22. The number of benzene rings is 2. The molecule has 4 aromatic rings. The van der Waals surface area contributed by atoms with Gasteiger partial charge in [-0.15, -0.1) is 0 Å². The molecule has 0 fully saturated rings. The summed E-state index contributed by atoms with van der Waals surface area (Å²) in [5.74, 6) is -1.55. The summed E-state index contributed by atoms with van der Waals surface area (Å²) < 4.78 is 28.4. The molecule has 0 saturated carbocycles. The van der Waals surface area contributed by atoms with E-state index in [9.17, 15) is 14.3 Å². The molecule has 3 N–H and O–H groups in total. The van der Waals surface area contributed by atoms with E-state index >= 15 is 4.39 Å². The summed E-state index contributed by atoms with van der Waals surface area (Å²) in [7, 11) is 0. The summed E-state index contributed by atoms with van der Waals surface area (Å²) in [6.07, 6.45) is 1.99. The lowest BCUT2D eigenvalue weighted by molar-refractivity contribution is 0.0917. The maximum Gasteiger partial charge on any atom is 0.252 e. The topological polar surface area (TPSA) is 90.9 Å². The molecule has 4 rings (SSSR count). The highest BCUT2D eigenvalue weighted by molar-refractivity contribution is 6.00. The van der Waals surface area contributed by atoms with Gasteiger partial charge in [0.2, 0.25) is 0 Å². The van der Waals surface area contributed by atoms with Crippen LogP contribution in [0, 0.1) is 11.6 Å². The van der Waals surface area contributed by atoms with Crippen LogP contribution in [0.25, 0.3) is 22.5 Å². The van der Waals surface area contributed by atoms with Crippen molar-refractivity contribution in [3.05, 3.63) is 95.8 Å². The number of aliphatic hydroxyl groups excluding tert-OH is 1. The second-order valence-corrected chi connectivity index (χ2v) is 7.19. The van der Waals surface area contributed by atoms with E-state index < -0.39 is 23.6 Å². The molecule has 32 heavy (non-hydrogen) atoms. The minimum atomic E-state index is -0.649. The molecule has 0 saturated heterocycles. The van der Waals surface area contributed by atoms with Crippen LogP contribution in [0.15, 0.2) is 72.9 Å². The second-order valence-electron chi connectivity index (χ2n) is 7.19. The lowest BCUT2D eigenvalue weighted by Crippen LogP contribution is -2.39. The fourth-order valence-corrected chi connectivity index (χ4v) is 3.40. The van der Waals surface area contributed by atoms with Crippen molar-refractivity contribution in [3.63, 3.8) is 0 Å². The number of pyridine rings is 1. The highest BCUT2D eigenvalue weighted by Crippen LogP contribution is 2.30. The number of nitrogens with one attached hydrogen (secondary N) is 2. The normalized spacial score (nSPS) is 11.8. The van der Waals surface area contributed by atoms with Gasteiger partial charge in [-0.05, 0) is 42.5 Å². The van der Waals surface area contributed by atoms with Crippen molar-refractivity contribution in [2.45, 2.75) is 12.5 Å². The third-order valence-electron chi connectivity index (χ3n) is 5.00. The number of aromatic nitrogens is 3. The molecule has 0 spiro atoms. The van der Waals surface area contributed by atoms with E-state index in [-0.39, 0.29) is 23.6 Å². The van der Waals surface area contributed by atoms with Gasteiger partial charge in [0, 0.05) is 35.0 Å². The van der Waals surface area contributed by atoms with E-state index in [4.69, 9.17) is 0 Å². The van der Waals surface area contributed by atoms with Crippen LogP contribution in [0.3, 0.4) is 0 Å². The molecule has 0 bridgehead atoms. The van der Waals surface area contributed by atoms with Gasteiger partial charge in [0.15, 0.2) is 5.82 Å². The van der Waals surface area contributed by atoms with Crippen LogP contribution in [-0.4, -0.2) is 38.8 Å². The Morgan fingerprint density at radius 1 is 1.03 bits per heavy atom. The van der Waals surface area contributed by atoms with Crippen LogP contribution in [0.1, 0.15) is 16.1 Å². The minimum Gasteiger partial charge on any atom is -0.394 e. The number of aliphatic hydroxyl groups is 1. The van der Waals surface area contributed by atoms with Crippen LogP contribution in [-0.2, 0) is 6.42 Å². The molecule has 0 aliphatic heterocycles. The van der Waals surface area contributed by atoms with E-state index in [0.717, 1.165) is 5.69 Å².